The van der Waals surface area contributed by atoms with Gasteiger partial charge in [-0.3, -0.25) is 38.6 Å². The monoisotopic (exact) mass is 1910 g/mol. The fourth-order valence-electron chi connectivity index (χ4n) is 16.2. The molecule has 2 aliphatic carbocycles. The first-order valence-electron chi connectivity index (χ1n) is 53.6. The van der Waals surface area contributed by atoms with Gasteiger partial charge < -0.3 is 53.6 Å². The van der Waals surface area contributed by atoms with E-state index in [2.05, 4.69) is 48.1 Å². The van der Waals surface area contributed by atoms with Crippen molar-refractivity contribution in [3.63, 3.8) is 0 Å². The minimum atomic E-state index is -0.415. The van der Waals surface area contributed by atoms with E-state index in [-0.39, 0.29) is 58.3 Å². The van der Waals surface area contributed by atoms with Crippen molar-refractivity contribution in [3.8, 4) is 17.2 Å². The summed E-state index contributed by atoms with van der Waals surface area (Å²) in [5.74, 6) is 3.69. The molecule has 0 bridgehead atoms. The van der Waals surface area contributed by atoms with Crippen molar-refractivity contribution in [1.82, 2.24) is 30.2 Å². The minimum Gasteiger partial charge on any atom is -0.494 e. The van der Waals surface area contributed by atoms with E-state index in [0.717, 1.165) is 208 Å². The third-order valence-corrected chi connectivity index (χ3v) is 28.1. The number of nitrogens with zero attached hydrogens (tertiary/aromatic N) is 4. The number of carbonyl (C=O) groups excluding carboxylic acids is 8. The second kappa shape index (κ2) is 68.9. The van der Waals surface area contributed by atoms with Gasteiger partial charge in [-0.1, -0.05) is 264 Å². The van der Waals surface area contributed by atoms with Crippen LogP contribution in [0, 0.1) is 52.3 Å². The molecule has 0 spiro atoms. The lowest BCUT2D eigenvalue weighted by Gasteiger charge is -2.38. The molecule has 4 aliphatic rings. The average molecular weight is 1910 g/mol. The number of esters is 4. The second-order valence-corrected chi connectivity index (χ2v) is 41.2. The van der Waals surface area contributed by atoms with Gasteiger partial charge in [0.25, 0.3) is 0 Å². The number of nitrogens with one attached hydrogen (secondary N) is 2. The molecular formula is C117H184N6O15. The third kappa shape index (κ3) is 51.4. The van der Waals surface area contributed by atoms with Gasteiger partial charge in [-0.05, 0) is 238 Å². The molecule has 2 N–H and O–H groups in total. The zero-order valence-corrected chi connectivity index (χ0v) is 88.6. The van der Waals surface area contributed by atoms with Gasteiger partial charge in [-0.2, -0.15) is 0 Å². The molecule has 2 heterocycles. The zero-order valence-electron chi connectivity index (χ0n) is 88.6. The summed E-state index contributed by atoms with van der Waals surface area (Å²) in [6, 6.07) is 31.6. The quantitative estimate of drug-likeness (QED) is 0.0181. The lowest BCUT2D eigenvalue weighted by Crippen LogP contribution is -2.53. The Morgan fingerprint density at radius 2 is 0.616 bits per heavy atom. The third-order valence-electron chi connectivity index (χ3n) is 28.1. The van der Waals surface area contributed by atoms with E-state index in [4.69, 9.17) is 33.2 Å². The second-order valence-electron chi connectivity index (χ2n) is 41.2. The number of unbranched alkanes of at least 4 members (excludes halogenated alkanes) is 19. The molecule has 4 amide bonds. The first kappa shape index (κ1) is 119. The van der Waals surface area contributed by atoms with Crippen LogP contribution < -0.4 is 24.8 Å². The number of ether oxygens (including phenoxy) is 7. The Morgan fingerprint density at radius 1 is 0.326 bits per heavy atom. The van der Waals surface area contributed by atoms with E-state index in [1.807, 2.05) is 202 Å². The Kier molecular flexibility index (Phi) is 59.6. The van der Waals surface area contributed by atoms with Crippen molar-refractivity contribution in [1.29, 1.82) is 0 Å². The number of amides is 4. The summed E-state index contributed by atoms with van der Waals surface area (Å²) in [5, 5.41) is 5.98. The number of hydrogen-bond acceptors (Lipinski definition) is 17. The molecule has 4 aromatic carbocycles. The minimum absolute atomic E-state index is 0.0499. The Labute approximate surface area is 834 Å². The molecule has 0 atom stereocenters. The molecule has 2 saturated heterocycles. The Morgan fingerprint density at radius 3 is 0.949 bits per heavy atom. The first-order valence-corrected chi connectivity index (χ1v) is 53.6. The normalized spacial score (nSPS) is 16.8. The van der Waals surface area contributed by atoms with E-state index in [0.29, 0.717) is 76.3 Å². The maximum atomic E-state index is 12.7. The summed E-state index contributed by atoms with van der Waals surface area (Å²) in [6.45, 7) is 46.0. The zero-order chi connectivity index (χ0) is 101. The molecule has 4 aromatic rings. The van der Waals surface area contributed by atoms with E-state index in [9.17, 15) is 38.4 Å². The highest BCUT2D eigenvalue weighted by molar-refractivity contribution is 5.93. The van der Waals surface area contributed by atoms with Crippen molar-refractivity contribution >= 4 is 71.8 Å². The van der Waals surface area contributed by atoms with Gasteiger partial charge >= 0.3 is 23.9 Å². The van der Waals surface area contributed by atoms with E-state index >= 15 is 0 Å². The summed E-state index contributed by atoms with van der Waals surface area (Å²) in [4.78, 5) is 106. The van der Waals surface area contributed by atoms with E-state index in [1.165, 1.54) is 140 Å². The predicted octanol–water partition coefficient (Wildman–Crippen LogP) is 24.9. The van der Waals surface area contributed by atoms with Crippen LogP contribution in [0.1, 0.15) is 350 Å². The summed E-state index contributed by atoms with van der Waals surface area (Å²) in [7, 11) is 0. The topological polar surface area (TPSA) is 238 Å². The predicted molar refractivity (Wildman–Crippen MR) is 565 cm³/mol. The molecule has 138 heavy (non-hydrogen) atoms. The maximum Gasteiger partial charge on any atom is 0.330 e. The molecule has 21 heteroatoms. The molecule has 772 valence electrons. The van der Waals surface area contributed by atoms with Crippen molar-refractivity contribution in [2.45, 2.75) is 329 Å². The molecule has 2 saturated carbocycles. The highest BCUT2D eigenvalue weighted by Crippen LogP contribution is 2.34. The first-order chi connectivity index (χ1) is 66.3. The molecule has 0 aromatic heterocycles. The van der Waals surface area contributed by atoms with Crippen molar-refractivity contribution in [3.05, 3.63) is 149 Å². The van der Waals surface area contributed by atoms with Gasteiger partial charge in [0, 0.05) is 114 Å². The molecule has 21 nitrogen and oxygen atoms in total. The molecule has 2 aliphatic heterocycles. The summed E-state index contributed by atoms with van der Waals surface area (Å²) >= 11 is 0. The SMILES string of the molecule is CCC(C)(C)C(=O)N1CCN(CCNC(=O)/C=C/c2ccc(C)cc2)CC1.CCCCCCCCCCCCOc1ccc(/C=C/C(=O)N2CCN(CCNC(=O)C(C)(C)CC)CC2)cc1.CCCCCCCCOc1ccc(/C=C/C(=O)OCC2CCC(COC(=O)C(C)(C)CC)CC2)cc1.CCCCCCCCOc1ccc(/C=C/C(=O)OCC2CCC(COC(=O)C(C)(C)CC)CC2)cc1. The van der Waals surface area contributed by atoms with Crippen LogP contribution in [0.3, 0.4) is 0 Å². The Hall–Kier alpha value is -9.08. The van der Waals surface area contributed by atoms with Crippen molar-refractivity contribution in [2.24, 2.45) is 45.3 Å². The number of rotatable bonds is 58. The molecule has 0 unspecified atom stereocenters. The Balaban J connectivity index is 0.000000327. The Bertz CT molecular complexity index is 4000. The number of aryl methyl sites for hydroxylation is 1. The summed E-state index contributed by atoms with van der Waals surface area (Å²) in [5.41, 5.74) is 3.68. The number of piperazine rings is 2. The summed E-state index contributed by atoms with van der Waals surface area (Å²) < 4.78 is 39.6. The standard InChI is InChI=1S/C33H55N3O3.2C31H48O5.C22H33N3O2/c1-5-7-8-9-10-11-12-13-14-15-28-39-30-19-16-29(17-20-30)18-21-31(37)36-26-24-35(25-27-36)23-22-34-32(38)33(3,4)6-2;2*1-5-7-8-9-10-11-22-34-28-19-16-25(17-20-28)18-21-29(32)35-23-26-12-14-27(15-13-26)24-36-30(33)31(3,4)6-2;1-5-22(3,4)21(27)25-16-14-24(15-17-25)13-12-23-20(26)11-10-19-8-6-18(2)7-9-19/h16-21H,5-15,22-28H2,1-4H3,(H,34,38);2*16-21,26-27H,5-15,22-24H2,1-4H3;6-11H,5,12-17H2,1-4H3,(H,23,26)/b3*21-18+;11-10+. The fourth-order valence-corrected chi connectivity index (χ4v) is 16.2. The van der Waals surface area contributed by atoms with Crippen LogP contribution >= 0.6 is 0 Å². The van der Waals surface area contributed by atoms with Crippen LogP contribution in [-0.2, 0) is 57.3 Å². The maximum absolute atomic E-state index is 12.7. The fraction of sp³-hybridized carbons (Fsp3) is 0.658. The summed E-state index contributed by atoms with van der Waals surface area (Å²) in [6.07, 6.45) is 53.0. The molecule has 8 rings (SSSR count). The number of hydrogen-bond donors (Lipinski definition) is 2. The number of carbonyl (C=O) groups is 8. The van der Waals surface area contributed by atoms with Crippen LogP contribution in [0.2, 0.25) is 0 Å². The lowest BCUT2D eigenvalue weighted by molar-refractivity contribution is -0.156. The highest BCUT2D eigenvalue weighted by Gasteiger charge is 2.35. The highest BCUT2D eigenvalue weighted by atomic mass is 16.5. The van der Waals surface area contributed by atoms with Crippen LogP contribution in [0.5, 0.6) is 17.2 Å². The van der Waals surface area contributed by atoms with Crippen LogP contribution in [0.25, 0.3) is 24.3 Å². The van der Waals surface area contributed by atoms with Gasteiger partial charge in [-0.25, -0.2) is 9.59 Å². The van der Waals surface area contributed by atoms with E-state index < -0.39 is 10.8 Å². The molecule has 4 fully saturated rings. The van der Waals surface area contributed by atoms with Gasteiger partial charge in [0.1, 0.15) is 17.2 Å². The molecule has 0 radical (unpaired) electrons. The van der Waals surface area contributed by atoms with Crippen LogP contribution in [-0.4, -0.2) is 192 Å². The molecular weight excluding hydrogens is 1730 g/mol. The van der Waals surface area contributed by atoms with Gasteiger partial charge in [0.15, 0.2) is 0 Å². The average Bonchev–Trinajstić information content (AvgIpc) is 0.837. The van der Waals surface area contributed by atoms with Crippen LogP contribution in [0.4, 0.5) is 0 Å². The van der Waals surface area contributed by atoms with Crippen molar-refractivity contribution < 1.29 is 71.5 Å². The smallest absolute Gasteiger partial charge is 0.330 e. The van der Waals surface area contributed by atoms with Crippen LogP contribution in [0.15, 0.2) is 121 Å². The van der Waals surface area contributed by atoms with E-state index in [1.54, 1.807) is 24.3 Å². The number of benzene rings is 4. The van der Waals surface area contributed by atoms with Gasteiger partial charge in [-0.15, -0.1) is 0 Å². The lowest BCUT2D eigenvalue weighted by atomic mass is 9.82. The van der Waals surface area contributed by atoms with Gasteiger partial charge in [0.05, 0.1) is 57.1 Å². The van der Waals surface area contributed by atoms with Crippen molar-refractivity contribution in [2.75, 3.05) is 125 Å². The van der Waals surface area contributed by atoms with Gasteiger partial charge in [0.2, 0.25) is 23.6 Å². The largest absolute Gasteiger partial charge is 0.494 e.